The third kappa shape index (κ3) is 3.03. The fourth-order valence-electron chi connectivity index (χ4n) is 4.18. The number of hydrogen-bond acceptors (Lipinski definition) is 7. The van der Waals surface area contributed by atoms with Gasteiger partial charge in [-0.15, -0.1) is 0 Å². The second-order valence-electron chi connectivity index (χ2n) is 7.55. The summed E-state index contributed by atoms with van der Waals surface area (Å²) in [4.78, 5) is 17.1. The van der Waals surface area contributed by atoms with Crippen molar-refractivity contribution < 1.29 is 9.13 Å². The van der Waals surface area contributed by atoms with E-state index in [2.05, 4.69) is 25.3 Å². The molecule has 8 heteroatoms. The first-order valence-electron chi connectivity index (χ1n) is 9.57. The van der Waals surface area contributed by atoms with Crippen LogP contribution in [0.3, 0.4) is 0 Å². The minimum atomic E-state index is -0.570. The molecule has 2 aliphatic rings. The quantitative estimate of drug-likeness (QED) is 0.673. The van der Waals surface area contributed by atoms with Crippen LogP contribution >= 0.6 is 0 Å². The van der Waals surface area contributed by atoms with E-state index >= 15 is 0 Å². The molecule has 3 aromatic rings. The number of pyridine rings is 2. The standard InChI is InChI=1S/C20H21FN6O/c21-15-11-12(3-8-23-15)17-16-14(4-9-24-18(16)22)26-19(27-17)25-13-1-5-20(6-2-13)7-10-28-20/h3-4,8-9,11,13H,1-2,5-7,10H2,(H2,22,24)(H,25,26,27). The minimum Gasteiger partial charge on any atom is -0.383 e. The number of aromatic nitrogens is 4. The van der Waals surface area contributed by atoms with Gasteiger partial charge in [0.25, 0.3) is 0 Å². The molecule has 0 aromatic carbocycles. The molecule has 0 unspecified atom stereocenters. The van der Waals surface area contributed by atoms with Gasteiger partial charge < -0.3 is 15.8 Å². The van der Waals surface area contributed by atoms with Gasteiger partial charge in [0.2, 0.25) is 11.9 Å². The Kier molecular flexibility index (Phi) is 4.08. The molecule has 0 radical (unpaired) electrons. The first-order valence-corrected chi connectivity index (χ1v) is 9.57. The van der Waals surface area contributed by atoms with Crippen LogP contribution in [0.25, 0.3) is 22.2 Å². The van der Waals surface area contributed by atoms with Gasteiger partial charge in [-0.25, -0.2) is 19.9 Å². The van der Waals surface area contributed by atoms with E-state index in [0.29, 0.717) is 33.9 Å². The van der Waals surface area contributed by atoms with Gasteiger partial charge >= 0.3 is 0 Å². The predicted octanol–water partition coefficient (Wildman–Crippen LogP) is 3.32. The largest absolute Gasteiger partial charge is 0.383 e. The van der Waals surface area contributed by atoms with E-state index in [0.717, 1.165) is 38.7 Å². The van der Waals surface area contributed by atoms with Gasteiger partial charge in [-0.05, 0) is 44.2 Å². The molecule has 1 aliphatic heterocycles. The summed E-state index contributed by atoms with van der Waals surface area (Å²) in [6, 6.07) is 5.13. The number of anilines is 2. The summed E-state index contributed by atoms with van der Waals surface area (Å²) in [5.41, 5.74) is 8.01. The molecule has 3 N–H and O–H groups in total. The highest BCUT2D eigenvalue weighted by molar-refractivity contribution is 5.99. The Labute approximate surface area is 161 Å². The smallest absolute Gasteiger partial charge is 0.224 e. The van der Waals surface area contributed by atoms with Gasteiger partial charge in [0.05, 0.1) is 28.8 Å². The van der Waals surface area contributed by atoms with Crippen LogP contribution in [0, 0.1) is 5.95 Å². The summed E-state index contributed by atoms with van der Waals surface area (Å²) < 4.78 is 19.5. The van der Waals surface area contributed by atoms with Crippen LogP contribution < -0.4 is 11.1 Å². The van der Waals surface area contributed by atoms with Crippen LogP contribution in [0.2, 0.25) is 0 Å². The molecule has 1 saturated heterocycles. The monoisotopic (exact) mass is 380 g/mol. The Morgan fingerprint density at radius 2 is 1.89 bits per heavy atom. The molecular weight excluding hydrogens is 359 g/mol. The average molecular weight is 380 g/mol. The van der Waals surface area contributed by atoms with Crippen LogP contribution in [0.4, 0.5) is 16.2 Å². The molecule has 144 valence electrons. The van der Waals surface area contributed by atoms with Crippen LogP contribution in [-0.2, 0) is 4.74 Å². The number of halogens is 1. The van der Waals surface area contributed by atoms with Crippen LogP contribution in [-0.4, -0.2) is 38.2 Å². The Balaban J connectivity index is 1.50. The highest BCUT2D eigenvalue weighted by atomic mass is 19.1. The van der Waals surface area contributed by atoms with Crippen molar-refractivity contribution in [2.75, 3.05) is 17.7 Å². The van der Waals surface area contributed by atoms with Crippen LogP contribution in [0.5, 0.6) is 0 Å². The molecule has 5 rings (SSSR count). The zero-order valence-corrected chi connectivity index (χ0v) is 15.4. The molecule has 7 nitrogen and oxygen atoms in total. The number of fused-ring (bicyclic) bond motifs is 1. The number of nitrogens with zero attached hydrogens (tertiary/aromatic N) is 4. The Morgan fingerprint density at radius 3 is 2.61 bits per heavy atom. The molecule has 1 saturated carbocycles. The molecule has 2 fully saturated rings. The van der Waals surface area contributed by atoms with Gasteiger partial charge in [-0.2, -0.15) is 4.39 Å². The van der Waals surface area contributed by atoms with Gasteiger partial charge in [-0.1, -0.05) is 0 Å². The first-order chi connectivity index (χ1) is 13.6. The van der Waals surface area contributed by atoms with E-state index in [1.54, 1.807) is 18.3 Å². The molecule has 4 heterocycles. The average Bonchev–Trinajstić information content (AvgIpc) is 2.67. The molecular formula is C20H21FN6O. The Hall–Kier alpha value is -2.87. The molecule has 1 aliphatic carbocycles. The third-order valence-electron chi connectivity index (χ3n) is 5.84. The predicted molar refractivity (Wildman–Crippen MR) is 104 cm³/mol. The highest BCUT2D eigenvalue weighted by Gasteiger charge is 2.41. The molecule has 28 heavy (non-hydrogen) atoms. The normalized spacial score (nSPS) is 24.2. The maximum atomic E-state index is 13.7. The second-order valence-corrected chi connectivity index (χ2v) is 7.55. The summed E-state index contributed by atoms with van der Waals surface area (Å²) >= 11 is 0. The number of rotatable bonds is 3. The second kappa shape index (κ2) is 6.63. The minimum absolute atomic E-state index is 0.113. The van der Waals surface area contributed by atoms with E-state index in [1.807, 2.05) is 0 Å². The van der Waals surface area contributed by atoms with Crippen molar-refractivity contribution >= 4 is 22.7 Å². The van der Waals surface area contributed by atoms with Gasteiger partial charge in [0.1, 0.15) is 5.82 Å². The van der Waals surface area contributed by atoms with Crippen molar-refractivity contribution in [3.8, 4) is 11.3 Å². The zero-order chi connectivity index (χ0) is 19.1. The molecule has 0 amide bonds. The molecule has 1 spiro atoms. The van der Waals surface area contributed by atoms with Crippen molar-refractivity contribution in [2.45, 2.75) is 43.7 Å². The van der Waals surface area contributed by atoms with Crippen LogP contribution in [0.1, 0.15) is 32.1 Å². The van der Waals surface area contributed by atoms with E-state index in [1.165, 1.54) is 12.3 Å². The first kappa shape index (κ1) is 17.2. The van der Waals surface area contributed by atoms with Gasteiger partial charge in [-0.3, -0.25) is 0 Å². The lowest BCUT2D eigenvalue weighted by molar-refractivity contribution is -0.165. The van der Waals surface area contributed by atoms with E-state index < -0.39 is 5.95 Å². The summed E-state index contributed by atoms with van der Waals surface area (Å²) in [6.45, 7) is 0.882. The lowest BCUT2D eigenvalue weighted by Crippen LogP contribution is -2.48. The number of nitrogens with one attached hydrogen (secondary N) is 1. The topological polar surface area (TPSA) is 98.8 Å². The van der Waals surface area contributed by atoms with Crippen molar-refractivity contribution in [1.82, 2.24) is 19.9 Å². The summed E-state index contributed by atoms with van der Waals surface area (Å²) in [6.07, 6.45) is 8.32. The molecule has 0 bridgehead atoms. The van der Waals surface area contributed by atoms with Crippen molar-refractivity contribution in [3.63, 3.8) is 0 Å². The highest BCUT2D eigenvalue weighted by Crippen LogP contribution is 2.41. The maximum Gasteiger partial charge on any atom is 0.224 e. The van der Waals surface area contributed by atoms with E-state index in [-0.39, 0.29) is 11.6 Å². The fourth-order valence-corrected chi connectivity index (χ4v) is 4.18. The summed E-state index contributed by atoms with van der Waals surface area (Å²) in [5.74, 6) is 0.262. The van der Waals surface area contributed by atoms with E-state index in [9.17, 15) is 4.39 Å². The lowest BCUT2D eigenvalue weighted by Gasteiger charge is -2.46. The number of nitrogens with two attached hydrogens (primary N) is 1. The summed E-state index contributed by atoms with van der Waals surface area (Å²) in [5, 5.41) is 4.07. The number of nitrogen functional groups attached to an aromatic ring is 1. The fraction of sp³-hybridized carbons (Fsp3) is 0.400. The van der Waals surface area contributed by atoms with Crippen LogP contribution in [0.15, 0.2) is 30.6 Å². The number of hydrogen-bond donors (Lipinski definition) is 2. The van der Waals surface area contributed by atoms with E-state index in [4.69, 9.17) is 10.5 Å². The number of ether oxygens (including phenoxy) is 1. The van der Waals surface area contributed by atoms with Crippen molar-refractivity contribution in [3.05, 3.63) is 36.5 Å². The molecule has 0 atom stereocenters. The summed E-state index contributed by atoms with van der Waals surface area (Å²) in [7, 11) is 0. The molecule has 3 aromatic heterocycles. The Morgan fingerprint density at radius 1 is 1.11 bits per heavy atom. The lowest BCUT2D eigenvalue weighted by atomic mass is 9.77. The maximum absolute atomic E-state index is 13.7. The SMILES string of the molecule is Nc1nccc2nc(NC3CCC4(CCO4)CC3)nc(-c3ccnc(F)c3)c12. The zero-order valence-electron chi connectivity index (χ0n) is 15.4. The third-order valence-corrected chi connectivity index (χ3v) is 5.84. The Bertz CT molecular complexity index is 1030. The van der Waals surface area contributed by atoms with Crippen molar-refractivity contribution in [2.24, 2.45) is 0 Å². The van der Waals surface area contributed by atoms with Gasteiger partial charge in [0, 0.05) is 30.1 Å². The van der Waals surface area contributed by atoms with Crippen molar-refractivity contribution in [1.29, 1.82) is 0 Å². The van der Waals surface area contributed by atoms with Gasteiger partial charge in [0.15, 0.2) is 0 Å².